The average Bonchev–Trinajstić information content (AvgIpc) is 3.87. The molecular formula is C57H39N7. The van der Waals surface area contributed by atoms with Crippen molar-refractivity contribution >= 4 is 43.6 Å². The van der Waals surface area contributed by atoms with E-state index in [0.29, 0.717) is 17.5 Å². The Balaban J connectivity index is 1.22. The fourth-order valence-corrected chi connectivity index (χ4v) is 9.66. The Morgan fingerprint density at radius 2 is 0.688 bits per heavy atom. The molecule has 12 rings (SSSR count). The topological polar surface area (TPSA) is 74.3 Å². The summed E-state index contributed by atoms with van der Waals surface area (Å²) in [6.45, 7) is 4.26. The molecule has 0 N–H and O–H groups in total. The zero-order valence-electron chi connectivity index (χ0n) is 35.2. The van der Waals surface area contributed by atoms with Crippen molar-refractivity contribution in [1.82, 2.24) is 34.1 Å². The van der Waals surface area contributed by atoms with Crippen LogP contribution in [0.2, 0.25) is 0 Å². The van der Waals surface area contributed by atoms with Gasteiger partial charge in [-0.05, 0) is 73.5 Å². The molecular weight excluding hydrogens is 783 g/mol. The second-order valence-electron chi connectivity index (χ2n) is 16.2. The van der Waals surface area contributed by atoms with Crippen molar-refractivity contribution < 1.29 is 0 Å². The molecule has 0 bridgehead atoms. The Kier molecular flexibility index (Phi) is 8.79. The summed E-state index contributed by atoms with van der Waals surface area (Å²) in [5.74, 6) is 1.73. The van der Waals surface area contributed by atoms with E-state index in [-0.39, 0.29) is 0 Å². The number of para-hydroxylation sites is 6. The Morgan fingerprint density at radius 3 is 1.08 bits per heavy atom. The number of benzene rings is 7. The summed E-state index contributed by atoms with van der Waals surface area (Å²) in [7, 11) is 0. The normalized spacial score (nSPS) is 11.6. The van der Waals surface area contributed by atoms with Gasteiger partial charge in [-0.2, -0.15) is 0 Å². The molecule has 12 aromatic rings. The predicted octanol–water partition coefficient (Wildman–Crippen LogP) is 13.8. The van der Waals surface area contributed by atoms with E-state index in [1.54, 1.807) is 0 Å². The molecule has 0 spiro atoms. The minimum absolute atomic E-state index is 0.560. The minimum Gasteiger partial charge on any atom is -0.308 e. The number of nitrogens with zero attached hydrogens (tertiary/aromatic N) is 7. The molecule has 7 heteroatoms. The number of rotatable bonds is 7. The van der Waals surface area contributed by atoms with Crippen LogP contribution in [0.5, 0.6) is 0 Å². The van der Waals surface area contributed by atoms with Crippen LogP contribution in [0.1, 0.15) is 11.1 Å². The van der Waals surface area contributed by atoms with Crippen molar-refractivity contribution in [1.29, 1.82) is 0 Å². The van der Waals surface area contributed by atoms with E-state index >= 15 is 0 Å². The van der Waals surface area contributed by atoms with Gasteiger partial charge >= 0.3 is 0 Å². The third kappa shape index (κ3) is 5.93. The van der Waals surface area contributed by atoms with Crippen LogP contribution in [0, 0.1) is 13.8 Å². The Morgan fingerprint density at radius 1 is 0.328 bits per heavy atom. The lowest BCUT2D eigenvalue weighted by Crippen LogP contribution is -2.08. The zero-order valence-corrected chi connectivity index (χ0v) is 35.2. The fourth-order valence-electron chi connectivity index (χ4n) is 9.66. The first kappa shape index (κ1) is 37.2. The first-order chi connectivity index (χ1) is 31.6. The molecule has 0 amide bonds. The van der Waals surface area contributed by atoms with E-state index < -0.39 is 0 Å². The second kappa shape index (κ2) is 15.1. The Bertz CT molecular complexity index is 3410. The molecule has 0 fully saturated rings. The van der Waals surface area contributed by atoms with Gasteiger partial charge in [0.15, 0.2) is 17.5 Å². The number of aryl methyl sites for hydroxylation is 2. The molecule has 0 radical (unpaired) electrons. The standard InChI is InChI=1S/C57H39N7/c1-36-16-11-17-37(2)52(36)57-61-55(46-26-12-24-40(38-18-14-32-58-34-38)53(46)63-48-28-7-3-20-42(48)43-21-4-8-29-49(43)63)60-56(62-57)47-27-13-25-41(39-19-15-33-59-35-39)54(47)64-50-30-9-5-22-44(50)45-23-6-10-31-51(45)64/h3-35H,1-2H3. The van der Waals surface area contributed by atoms with E-state index in [9.17, 15) is 0 Å². The SMILES string of the molecule is Cc1cccc(C)c1-c1nc(-c2cccc(-c3cccnc3)c2-n2c3ccccc3c3ccccc32)nc(-c2cccc(-c3cccnc3)c2-n2c3ccccc3c3ccccc32)n1. The molecule has 0 saturated carbocycles. The van der Waals surface area contributed by atoms with Crippen molar-refractivity contribution in [3.8, 4) is 67.8 Å². The summed E-state index contributed by atoms with van der Waals surface area (Å²) in [5.41, 5.74) is 15.2. The summed E-state index contributed by atoms with van der Waals surface area (Å²) in [5, 5.41) is 4.67. The van der Waals surface area contributed by atoms with Gasteiger partial charge in [0.05, 0.1) is 33.4 Å². The highest BCUT2D eigenvalue weighted by Crippen LogP contribution is 2.44. The van der Waals surface area contributed by atoms with E-state index in [2.05, 4.69) is 197 Å². The van der Waals surface area contributed by atoms with Crippen LogP contribution in [-0.4, -0.2) is 34.1 Å². The number of pyridine rings is 2. The summed E-state index contributed by atoms with van der Waals surface area (Å²) < 4.78 is 4.74. The zero-order chi connectivity index (χ0) is 42.7. The number of aromatic nitrogens is 7. The molecule has 5 aromatic heterocycles. The summed E-state index contributed by atoms with van der Waals surface area (Å²) in [4.78, 5) is 25.8. The number of hydrogen-bond donors (Lipinski definition) is 0. The van der Waals surface area contributed by atoms with Crippen LogP contribution in [0.25, 0.3) is 111 Å². The van der Waals surface area contributed by atoms with E-state index in [1.807, 2.05) is 36.9 Å². The molecule has 302 valence electrons. The van der Waals surface area contributed by atoms with Crippen LogP contribution < -0.4 is 0 Å². The maximum atomic E-state index is 5.61. The van der Waals surface area contributed by atoms with Gasteiger partial charge in [-0.25, -0.2) is 15.0 Å². The third-order valence-corrected chi connectivity index (χ3v) is 12.4. The number of hydrogen-bond acceptors (Lipinski definition) is 5. The monoisotopic (exact) mass is 821 g/mol. The second-order valence-corrected chi connectivity index (χ2v) is 16.2. The molecule has 0 aliphatic heterocycles. The average molecular weight is 822 g/mol. The van der Waals surface area contributed by atoms with Crippen LogP contribution in [0.15, 0.2) is 201 Å². The van der Waals surface area contributed by atoms with Crippen molar-refractivity contribution in [2.75, 3.05) is 0 Å². The molecule has 7 aromatic carbocycles. The lowest BCUT2D eigenvalue weighted by atomic mass is 9.98. The van der Waals surface area contributed by atoms with E-state index in [0.717, 1.165) is 83.5 Å². The molecule has 0 unspecified atom stereocenters. The maximum absolute atomic E-state index is 5.61. The Hall–Kier alpha value is -8.55. The van der Waals surface area contributed by atoms with Gasteiger partial charge in [0, 0.05) is 85.3 Å². The molecule has 5 heterocycles. The van der Waals surface area contributed by atoms with Crippen LogP contribution in [-0.2, 0) is 0 Å². The minimum atomic E-state index is 0.560. The van der Waals surface area contributed by atoms with Crippen molar-refractivity contribution in [3.63, 3.8) is 0 Å². The third-order valence-electron chi connectivity index (χ3n) is 12.4. The summed E-state index contributed by atoms with van der Waals surface area (Å²) >= 11 is 0. The molecule has 0 saturated heterocycles. The van der Waals surface area contributed by atoms with Crippen molar-refractivity contribution in [2.24, 2.45) is 0 Å². The van der Waals surface area contributed by atoms with Gasteiger partial charge in [0.2, 0.25) is 0 Å². The van der Waals surface area contributed by atoms with Gasteiger partial charge in [0.1, 0.15) is 0 Å². The van der Waals surface area contributed by atoms with E-state index in [1.165, 1.54) is 21.5 Å². The van der Waals surface area contributed by atoms with Crippen LogP contribution in [0.4, 0.5) is 0 Å². The molecule has 0 aliphatic carbocycles. The van der Waals surface area contributed by atoms with Gasteiger partial charge < -0.3 is 9.13 Å². The predicted molar refractivity (Wildman–Crippen MR) is 261 cm³/mol. The summed E-state index contributed by atoms with van der Waals surface area (Å²) in [6, 6.07) is 61.8. The summed E-state index contributed by atoms with van der Waals surface area (Å²) in [6.07, 6.45) is 7.49. The van der Waals surface area contributed by atoms with Gasteiger partial charge in [-0.1, -0.05) is 127 Å². The first-order valence-electron chi connectivity index (χ1n) is 21.5. The van der Waals surface area contributed by atoms with Gasteiger partial charge in [-0.3, -0.25) is 9.97 Å². The van der Waals surface area contributed by atoms with Crippen molar-refractivity contribution in [3.05, 3.63) is 212 Å². The Labute approximate surface area is 369 Å². The first-order valence-corrected chi connectivity index (χ1v) is 21.5. The van der Waals surface area contributed by atoms with Gasteiger partial charge in [-0.15, -0.1) is 0 Å². The van der Waals surface area contributed by atoms with Gasteiger partial charge in [0.25, 0.3) is 0 Å². The van der Waals surface area contributed by atoms with Crippen LogP contribution in [0.3, 0.4) is 0 Å². The highest BCUT2D eigenvalue weighted by Gasteiger charge is 2.26. The molecule has 64 heavy (non-hydrogen) atoms. The highest BCUT2D eigenvalue weighted by molar-refractivity contribution is 6.12. The van der Waals surface area contributed by atoms with E-state index in [4.69, 9.17) is 15.0 Å². The maximum Gasteiger partial charge on any atom is 0.166 e. The molecule has 7 nitrogen and oxygen atoms in total. The molecule has 0 aliphatic rings. The lowest BCUT2D eigenvalue weighted by Gasteiger charge is -2.20. The highest BCUT2D eigenvalue weighted by atomic mass is 15.1. The lowest BCUT2D eigenvalue weighted by molar-refractivity contribution is 1.05. The fraction of sp³-hybridized carbons (Fsp3) is 0.0351. The largest absolute Gasteiger partial charge is 0.308 e. The smallest absolute Gasteiger partial charge is 0.166 e. The molecule has 0 atom stereocenters. The quantitative estimate of drug-likeness (QED) is 0.160. The van der Waals surface area contributed by atoms with Crippen LogP contribution >= 0.6 is 0 Å². The van der Waals surface area contributed by atoms with Crippen molar-refractivity contribution in [2.45, 2.75) is 13.8 Å². The number of fused-ring (bicyclic) bond motifs is 6.